The molecular weight excluding hydrogens is 232 g/mol. The fourth-order valence-electron chi connectivity index (χ4n) is 2.53. The molecule has 2 heteroatoms. The predicted molar refractivity (Wildman–Crippen MR) is 84.2 cm³/mol. The van der Waals surface area contributed by atoms with Gasteiger partial charge in [-0.15, -0.1) is 0 Å². The highest BCUT2D eigenvalue weighted by Crippen LogP contribution is 2.15. The minimum absolute atomic E-state index is 0.830. The smallest absolute Gasteiger partial charge is 0.0236 e. The van der Waals surface area contributed by atoms with Gasteiger partial charge in [-0.25, -0.2) is 0 Å². The summed E-state index contributed by atoms with van der Waals surface area (Å²) in [7, 11) is 2.01. The summed E-state index contributed by atoms with van der Waals surface area (Å²) in [5.41, 5.74) is 2.89. The summed E-state index contributed by atoms with van der Waals surface area (Å²) < 4.78 is 0. The summed E-state index contributed by atoms with van der Waals surface area (Å²) in [6.45, 7) is 11.3. The highest BCUT2D eigenvalue weighted by atomic mass is 15.1. The minimum Gasteiger partial charge on any atom is -0.316 e. The van der Waals surface area contributed by atoms with E-state index in [1.54, 1.807) is 0 Å². The predicted octanol–water partition coefficient (Wildman–Crippen LogP) is 3.66. The van der Waals surface area contributed by atoms with Crippen LogP contribution in [0.2, 0.25) is 0 Å². The maximum atomic E-state index is 3.26. The van der Waals surface area contributed by atoms with Gasteiger partial charge in [0.25, 0.3) is 0 Å². The zero-order valence-corrected chi connectivity index (χ0v) is 13.1. The van der Waals surface area contributed by atoms with Crippen LogP contribution in [-0.2, 0) is 13.1 Å². The number of rotatable bonds is 9. The minimum atomic E-state index is 0.830. The third-order valence-electron chi connectivity index (χ3n) is 4.00. The van der Waals surface area contributed by atoms with E-state index in [1.165, 1.54) is 30.5 Å². The van der Waals surface area contributed by atoms with Crippen LogP contribution in [0.15, 0.2) is 24.3 Å². The first-order valence-corrected chi connectivity index (χ1v) is 7.68. The molecule has 1 rings (SSSR count). The zero-order valence-electron chi connectivity index (χ0n) is 13.1. The van der Waals surface area contributed by atoms with Gasteiger partial charge < -0.3 is 5.32 Å². The first-order chi connectivity index (χ1) is 9.24. The molecule has 0 amide bonds. The van der Waals surface area contributed by atoms with E-state index in [9.17, 15) is 0 Å². The van der Waals surface area contributed by atoms with Crippen LogP contribution >= 0.6 is 0 Å². The van der Waals surface area contributed by atoms with Gasteiger partial charge in [0.2, 0.25) is 0 Å². The lowest BCUT2D eigenvalue weighted by Gasteiger charge is -2.26. The normalized spacial score (nSPS) is 11.5. The second-order valence-electron chi connectivity index (χ2n) is 5.31. The summed E-state index contributed by atoms with van der Waals surface area (Å²) in [4.78, 5) is 2.58. The number of benzene rings is 1. The molecule has 0 fully saturated rings. The van der Waals surface area contributed by atoms with Crippen LogP contribution in [0, 0.1) is 5.92 Å². The number of nitrogens with zero attached hydrogens (tertiary/aromatic N) is 1. The van der Waals surface area contributed by atoms with E-state index in [4.69, 9.17) is 0 Å². The molecule has 0 unspecified atom stereocenters. The Hall–Kier alpha value is -0.860. The van der Waals surface area contributed by atoms with Crippen LogP contribution in [0.1, 0.15) is 44.7 Å². The molecule has 0 saturated heterocycles. The Balaban J connectivity index is 2.69. The van der Waals surface area contributed by atoms with Crippen molar-refractivity contribution in [2.75, 3.05) is 20.1 Å². The summed E-state index contributed by atoms with van der Waals surface area (Å²) in [5.74, 6) is 0.830. The monoisotopic (exact) mass is 262 g/mol. The fraction of sp³-hybridized carbons (Fsp3) is 0.647. The molecule has 1 aromatic rings. The molecule has 0 bridgehead atoms. The van der Waals surface area contributed by atoms with Crippen molar-refractivity contribution in [3.8, 4) is 0 Å². The lowest BCUT2D eigenvalue weighted by Crippen LogP contribution is -2.29. The first kappa shape index (κ1) is 16.2. The maximum Gasteiger partial charge on any atom is 0.0236 e. The van der Waals surface area contributed by atoms with Gasteiger partial charge in [0.15, 0.2) is 0 Å². The molecule has 0 heterocycles. The highest BCUT2D eigenvalue weighted by molar-refractivity contribution is 5.26. The van der Waals surface area contributed by atoms with Crippen molar-refractivity contribution in [1.29, 1.82) is 0 Å². The van der Waals surface area contributed by atoms with Crippen molar-refractivity contribution < 1.29 is 0 Å². The van der Waals surface area contributed by atoms with E-state index in [1.807, 2.05) is 7.05 Å². The number of hydrogen-bond acceptors (Lipinski definition) is 2. The Morgan fingerprint density at radius 3 is 2.21 bits per heavy atom. The van der Waals surface area contributed by atoms with Crippen LogP contribution in [0.25, 0.3) is 0 Å². The van der Waals surface area contributed by atoms with E-state index < -0.39 is 0 Å². The van der Waals surface area contributed by atoms with Gasteiger partial charge in [0.1, 0.15) is 0 Å². The third-order valence-corrected chi connectivity index (χ3v) is 4.00. The van der Waals surface area contributed by atoms with Gasteiger partial charge in [-0.2, -0.15) is 0 Å². The van der Waals surface area contributed by atoms with Gasteiger partial charge >= 0.3 is 0 Å². The topological polar surface area (TPSA) is 15.3 Å². The zero-order chi connectivity index (χ0) is 14.1. The Kier molecular flexibility index (Phi) is 7.76. The lowest BCUT2D eigenvalue weighted by molar-refractivity contribution is 0.225. The van der Waals surface area contributed by atoms with Gasteiger partial charge in [-0.1, -0.05) is 57.9 Å². The van der Waals surface area contributed by atoms with Crippen LogP contribution in [0.4, 0.5) is 0 Å². The Labute approximate surface area is 119 Å². The van der Waals surface area contributed by atoms with Crippen molar-refractivity contribution >= 4 is 0 Å². The molecule has 19 heavy (non-hydrogen) atoms. The van der Waals surface area contributed by atoms with Crippen molar-refractivity contribution in [3.63, 3.8) is 0 Å². The Bertz CT molecular complexity index is 345. The Morgan fingerprint density at radius 1 is 1.05 bits per heavy atom. The second-order valence-corrected chi connectivity index (χ2v) is 5.31. The third kappa shape index (κ3) is 5.33. The van der Waals surface area contributed by atoms with E-state index >= 15 is 0 Å². The molecule has 0 atom stereocenters. The second kappa shape index (κ2) is 9.11. The lowest BCUT2D eigenvalue weighted by atomic mass is 10.0. The van der Waals surface area contributed by atoms with Crippen molar-refractivity contribution in [2.24, 2.45) is 5.92 Å². The summed E-state index contributed by atoms with van der Waals surface area (Å²) in [5, 5.41) is 3.26. The van der Waals surface area contributed by atoms with E-state index in [-0.39, 0.29) is 0 Å². The molecule has 0 aliphatic carbocycles. The molecule has 1 N–H and O–H groups in total. The van der Waals surface area contributed by atoms with Crippen LogP contribution < -0.4 is 5.32 Å². The average Bonchev–Trinajstić information content (AvgIpc) is 2.45. The quantitative estimate of drug-likeness (QED) is 0.730. The first-order valence-electron chi connectivity index (χ1n) is 7.68. The van der Waals surface area contributed by atoms with E-state index in [0.29, 0.717) is 0 Å². The molecule has 0 aromatic heterocycles. The molecular formula is C17H30N2. The molecule has 1 aromatic carbocycles. The molecule has 2 nitrogen and oxygen atoms in total. The Morgan fingerprint density at radius 2 is 1.68 bits per heavy atom. The van der Waals surface area contributed by atoms with Crippen LogP contribution in [-0.4, -0.2) is 25.0 Å². The summed E-state index contributed by atoms with van der Waals surface area (Å²) in [6.07, 6.45) is 2.57. The molecule has 0 spiro atoms. The number of nitrogens with one attached hydrogen (secondary N) is 1. The van der Waals surface area contributed by atoms with E-state index in [2.05, 4.69) is 55.3 Å². The molecule has 0 radical (unpaired) electrons. The highest BCUT2D eigenvalue weighted by Gasteiger charge is 2.11. The van der Waals surface area contributed by atoms with Crippen molar-refractivity contribution in [3.05, 3.63) is 35.4 Å². The number of hydrogen-bond donors (Lipinski definition) is 1. The summed E-state index contributed by atoms with van der Waals surface area (Å²) >= 11 is 0. The van der Waals surface area contributed by atoms with Gasteiger partial charge in [0.05, 0.1) is 0 Å². The SMILES string of the molecule is CCC(CC)CN(CC)Cc1ccccc1CNC. The fourth-order valence-corrected chi connectivity index (χ4v) is 2.53. The average molecular weight is 262 g/mol. The van der Waals surface area contributed by atoms with Gasteiger partial charge in [-0.05, 0) is 30.6 Å². The molecule has 0 aliphatic rings. The maximum absolute atomic E-state index is 3.26. The van der Waals surface area contributed by atoms with Gasteiger partial charge in [-0.3, -0.25) is 4.90 Å². The molecule has 0 aliphatic heterocycles. The standard InChI is InChI=1S/C17H30N2/c1-5-15(6-2)13-19(7-3)14-17-11-9-8-10-16(17)12-18-4/h8-11,15,18H,5-7,12-14H2,1-4H3. The van der Waals surface area contributed by atoms with Gasteiger partial charge in [0, 0.05) is 19.6 Å². The van der Waals surface area contributed by atoms with Crippen molar-refractivity contribution in [2.45, 2.75) is 46.7 Å². The van der Waals surface area contributed by atoms with Crippen LogP contribution in [0.3, 0.4) is 0 Å². The largest absolute Gasteiger partial charge is 0.316 e. The molecule has 0 saturated carbocycles. The van der Waals surface area contributed by atoms with E-state index in [0.717, 1.165) is 25.6 Å². The summed E-state index contributed by atoms with van der Waals surface area (Å²) in [6, 6.07) is 8.78. The molecule has 108 valence electrons. The van der Waals surface area contributed by atoms with Crippen LogP contribution in [0.5, 0.6) is 0 Å². The van der Waals surface area contributed by atoms with Crippen molar-refractivity contribution in [1.82, 2.24) is 10.2 Å².